The highest BCUT2D eigenvalue weighted by molar-refractivity contribution is 9.10. The Labute approximate surface area is 135 Å². The van der Waals surface area contributed by atoms with E-state index in [1.807, 2.05) is 0 Å². The minimum Gasteiger partial charge on any atom is -0.122 e. The molecule has 4 saturated carbocycles. The zero-order valence-corrected chi connectivity index (χ0v) is 14.2. The molecular formula is C18H22BrCl. The SMILES string of the molecule is ClC(Cc1ccc(Br)cc1)C12CC3CC(CC(C3)C1)C2. The van der Waals surface area contributed by atoms with Gasteiger partial charge in [0.25, 0.3) is 0 Å². The summed E-state index contributed by atoms with van der Waals surface area (Å²) in [5.41, 5.74) is 1.85. The molecule has 4 aliphatic rings. The van der Waals surface area contributed by atoms with Crippen molar-refractivity contribution in [3.8, 4) is 0 Å². The smallest absolute Gasteiger partial charge is 0.0432 e. The molecule has 0 aromatic heterocycles. The van der Waals surface area contributed by atoms with E-state index in [9.17, 15) is 0 Å². The van der Waals surface area contributed by atoms with Gasteiger partial charge in [-0.2, -0.15) is 0 Å². The van der Waals surface area contributed by atoms with Gasteiger partial charge in [-0.25, -0.2) is 0 Å². The summed E-state index contributed by atoms with van der Waals surface area (Å²) in [6.45, 7) is 0. The molecule has 0 radical (unpaired) electrons. The predicted molar refractivity (Wildman–Crippen MR) is 88.1 cm³/mol. The van der Waals surface area contributed by atoms with Crippen LogP contribution in [-0.4, -0.2) is 5.38 Å². The lowest BCUT2D eigenvalue weighted by atomic mass is 9.48. The van der Waals surface area contributed by atoms with Crippen LogP contribution in [-0.2, 0) is 6.42 Å². The zero-order valence-electron chi connectivity index (χ0n) is 11.8. The van der Waals surface area contributed by atoms with Crippen molar-refractivity contribution in [2.75, 3.05) is 0 Å². The van der Waals surface area contributed by atoms with E-state index in [4.69, 9.17) is 11.6 Å². The molecule has 5 rings (SSSR count). The largest absolute Gasteiger partial charge is 0.122 e. The molecule has 1 atom stereocenters. The Morgan fingerprint density at radius 1 is 1.00 bits per heavy atom. The van der Waals surface area contributed by atoms with Crippen LogP contribution in [0.1, 0.15) is 44.1 Å². The Morgan fingerprint density at radius 3 is 2.00 bits per heavy atom. The van der Waals surface area contributed by atoms with E-state index < -0.39 is 0 Å². The maximum atomic E-state index is 6.96. The van der Waals surface area contributed by atoms with E-state index in [1.54, 1.807) is 0 Å². The van der Waals surface area contributed by atoms with E-state index in [-0.39, 0.29) is 0 Å². The van der Waals surface area contributed by atoms with Crippen LogP contribution in [0, 0.1) is 23.2 Å². The predicted octanol–water partition coefficient (Wildman–Crippen LogP) is 5.82. The summed E-state index contributed by atoms with van der Waals surface area (Å²) >= 11 is 10.5. The number of alkyl halides is 1. The number of hydrogen-bond acceptors (Lipinski definition) is 0. The van der Waals surface area contributed by atoms with Crippen molar-refractivity contribution in [3.63, 3.8) is 0 Å². The lowest BCUT2D eigenvalue weighted by molar-refractivity contribution is -0.0545. The maximum Gasteiger partial charge on any atom is 0.0432 e. The Bertz CT molecular complexity index is 457. The molecule has 20 heavy (non-hydrogen) atoms. The molecule has 1 unspecified atom stereocenters. The summed E-state index contributed by atoms with van der Waals surface area (Å²) in [6.07, 6.45) is 9.77. The fourth-order valence-corrected chi connectivity index (χ4v) is 6.31. The Hall–Kier alpha value is -0.0100. The van der Waals surface area contributed by atoms with Gasteiger partial charge in [0, 0.05) is 9.85 Å². The molecule has 0 aliphatic heterocycles. The van der Waals surface area contributed by atoms with Gasteiger partial charge in [0.1, 0.15) is 0 Å². The molecule has 0 N–H and O–H groups in total. The first-order valence-electron chi connectivity index (χ1n) is 8.01. The van der Waals surface area contributed by atoms with Crippen molar-refractivity contribution in [2.45, 2.75) is 50.3 Å². The Morgan fingerprint density at radius 2 is 1.50 bits per heavy atom. The topological polar surface area (TPSA) is 0 Å². The summed E-state index contributed by atoms with van der Waals surface area (Å²) in [5, 5.41) is 0.331. The van der Waals surface area contributed by atoms with Gasteiger partial charge in [0.05, 0.1) is 0 Å². The van der Waals surface area contributed by atoms with Gasteiger partial charge in [-0.1, -0.05) is 28.1 Å². The molecule has 108 valence electrons. The highest BCUT2D eigenvalue weighted by atomic mass is 79.9. The summed E-state index contributed by atoms with van der Waals surface area (Å²) in [7, 11) is 0. The van der Waals surface area contributed by atoms with Crippen molar-refractivity contribution in [3.05, 3.63) is 34.3 Å². The minimum atomic E-state index is 0.331. The van der Waals surface area contributed by atoms with Crippen LogP contribution in [0.25, 0.3) is 0 Å². The quantitative estimate of drug-likeness (QED) is 0.601. The monoisotopic (exact) mass is 352 g/mol. The first-order valence-corrected chi connectivity index (χ1v) is 9.24. The standard InChI is InChI=1S/C18H22BrCl/c19-16-3-1-12(2-4-16)8-17(20)18-9-13-5-14(10-18)7-15(6-13)11-18/h1-4,13-15,17H,5-11H2. The molecule has 0 nitrogen and oxygen atoms in total. The third-order valence-corrected chi connectivity index (χ3v) is 7.22. The first kappa shape index (κ1) is 13.6. The van der Waals surface area contributed by atoms with Gasteiger partial charge in [0.15, 0.2) is 0 Å². The average molecular weight is 354 g/mol. The van der Waals surface area contributed by atoms with Crippen molar-refractivity contribution in [2.24, 2.45) is 23.2 Å². The fraction of sp³-hybridized carbons (Fsp3) is 0.667. The first-order chi connectivity index (χ1) is 9.63. The molecule has 1 aromatic carbocycles. The van der Waals surface area contributed by atoms with Gasteiger partial charge in [0.2, 0.25) is 0 Å². The summed E-state index contributed by atoms with van der Waals surface area (Å²) in [4.78, 5) is 0. The number of rotatable bonds is 3. The molecule has 4 aliphatic carbocycles. The molecule has 0 spiro atoms. The normalized spacial score (nSPS) is 40.0. The van der Waals surface area contributed by atoms with Crippen molar-refractivity contribution < 1.29 is 0 Å². The van der Waals surface area contributed by atoms with Gasteiger partial charge < -0.3 is 0 Å². The van der Waals surface area contributed by atoms with E-state index in [2.05, 4.69) is 40.2 Å². The van der Waals surface area contributed by atoms with Crippen molar-refractivity contribution in [1.82, 2.24) is 0 Å². The lowest BCUT2D eigenvalue weighted by Crippen LogP contribution is -2.50. The summed E-state index contributed by atoms with van der Waals surface area (Å²) < 4.78 is 1.15. The second-order valence-corrected chi connectivity index (χ2v) is 9.02. The van der Waals surface area contributed by atoms with Crippen LogP contribution >= 0.6 is 27.5 Å². The zero-order chi connectivity index (χ0) is 13.7. The molecule has 0 saturated heterocycles. The molecule has 0 heterocycles. The summed E-state index contributed by atoms with van der Waals surface area (Å²) in [6, 6.07) is 8.72. The fourth-order valence-electron chi connectivity index (χ4n) is 5.61. The second-order valence-electron chi connectivity index (χ2n) is 7.58. The second kappa shape index (κ2) is 5.02. The molecular weight excluding hydrogens is 332 g/mol. The lowest BCUT2D eigenvalue weighted by Gasteiger charge is -2.58. The van der Waals surface area contributed by atoms with Gasteiger partial charge in [-0.15, -0.1) is 11.6 Å². The number of hydrogen-bond donors (Lipinski definition) is 0. The third kappa shape index (κ3) is 2.35. The van der Waals surface area contributed by atoms with Crippen LogP contribution in [0.5, 0.6) is 0 Å². The van der Waals surface area contributed by atoms with Crippen LogP contribution in [0.2, 0.25) is 0 Å². The van der Waals surface area contributed by atoms with Gasteiger partial charge in [-0.05, 0) is 85.8 Å². The van der Waals surface area contributed by atoms with Crippen LogP contribution in [0.3, 0.4) is 0 Å². The van der Waals surface area contributed by atoms with Gasteiger partial charge in [-0.3, -0.25) is 0 Å². The molecule has 4 fully saturated rings. The average Bonchev–Trinajstić information content (AvgIpc) is 2.40. The minimum absolute atomic E-state index is 0.331. The van der Waals surface area contributed by atoms with E-state index in [0.29, 0.717) is 10.8 Å². The Balaban J connectivity index is 1.53. The van der Waals surface area contributed by atoms with Gasteiger partial charge >= 0.3 is 0 Å². The third-order valence-electron chi connectivity index (χ3n) is 6.08. The highest BCUT2D eigenvalue weighted by Gasteiger charge is 2.53. The maximum absolute atomic E-state index is 6.96. The molecule has 4 bridgehead atoms. The van der Waals surface area contributed by atoms with Crippen LogP contribution < -0.4 is 0 Å². The van der Waals surface area contributed by atoms with E-state index in [1.165, 1.54) is 44.1 Å². The highest BCUT2D eigenvalue weighted by Crippen LogP contribution is 2.62. The van der Waals surface area contributed by atoms with E-state index in [0.717, 1.165) is 28.6 Å². The number of halogens is 2. The van der Waals surface area contributed by atoms with Crippen LogP contribution in [0.4, 0.5) is 0 Å². The molecule has 1 aromatic rings. The molecule has 0 amide bonds. The molecule has 2 heteroatoms. The van der Waals surface area contributed by atoms with E-state index >= 15 is 0 Å². The Kier molecular flexibility index (Phi) is 3.42. The van der Waals surface area contributed by atoms with Crippen molar-refractivity contribution in [1.29, 1.82) is 0 Å². The van der Waals surface area contributed by atoms with Crippen LogP contribution in [0.15, 0.2) is 28.7 Å². The number of benzene rings is 1. The summed E-state index contributed by atoms with van der Waals surface area (Å²) in [5.74, 6) is 2.98. The van der Waals surface area contributed by atoms with Crippen molar-refractivity contribution >= 4 is 27.5 Å².